The minimum Gasteiger partial charge on any atom is -0.481 e. The van der Waals surface area contributed by atoms with E-state index in [-0.39, 0.29) is 6.42 Å². The molecule has 1 aliphatic rings. The Morgan fingerprint density at radius 1 is 1.16 bits per heavy atom. The van der Waals surface area contributed by atoms with Gasteiger partial charge in [0.25, 0.3) is 0 Å². The van der Waals surface area contributed by atoms with Gasteiger partial charge in [0.15, 0.2) is 12.4 Å². The zero-order valence-corrected chi connectivity index (χ0v) is 10.0. The van der Waals surface area contributed by atoms with Crippen molar-refractivity contribution >= 4 is 11.9 Å². The lowest BCUT2D eigenvalue weighted by molar-refractivity contribution is -0.303. The van der Waals surface area contributed by atoms with Crippen molar-refractivity contribution in [3.05, 3.63) is 0 Å². The van der Waals surface area contributed by atoms with Crippen LogP contribution in [0.5, 0.6) is 0 Å². The second-order valence-corrected chi connectivity index (χ2v) is 4.28. The van der Waals surface area contributed by atoms with Crippen molar-refractivity contribution in [1.82, 2.24) is 0 Å². The number of rotatable bonds is 5. The third-order valence-electron chi connectivity index (χ3n) is 2.64. The molecular weight excluding hydrogens is 264 g/mol. The molecule has 110 valence electrons. The zero-order valence-electron chi connectivity index (χ0n) is 10.0. The molecule has 1 saturated heterocycles. The highest BCUT2D eigenvalue weighted by atomic mass is 16.7. The van der Waals surface area contributed by atoms with Crippen LogP contribution in [0, 0.1) is 0 Å². The van der Waals surface area contributed by atoms with Gasteiger partial charge in [0, 0.05) is 0 Å². The van der Waals surface area contributed by atoms with Gasteiger partial charge in [-0.2, -0.15) is 0 Å². The molecule has 0 spiro atoms. The maximum atomic E-state index is 10.8. The van der Waals surface area contributed by atoms with Crippen LogP contribution in [0.4, 0.5) is 0 Å². The number of hydrogen-bond donors (Lipinski definition) is 5. The van der Waals surface area contributed by atoms with Crippen molar-refractivity contribution in [2.24, 2.45) is 0 Å². The number of carboxylic acids is 2. The fourth-order valence-electron chi connectivity index (χ4n) is 1.69. The van der Waals surface area contributed by atoms with Crippen LogP contribution >= 0.6 is 0 Å². The molecule has 9 heteroatoms. The van der Waals surface area contributed by atoms with Crippen LogP contribution in [0.1, 0.15) is 13.3 Å². The fourth-order valence-corrected chi connectivity index (χ4v) is 1.69. The van der Waals surface area contributed by atoms with E-state index in [0.717, 1.165) is 0 Å². The maximum Gasteiger partial charge on any atom is 0.335 e. The minimum absolute atomic E-state index is 0.386. The average Bonchev–Trinajstić information content (AvgIpc) is 2.28. The van der Waals surface area contributed by atoms with Crippen LogP contribution in [-0.2, 0) is 19.1 Å². The van der Waals surface area contributed by atoms with E-state index in [1.54, 1.807) is 0 Å². The third-order valence-corrected chi connectivity index (χ3v) is 2.64. The molecule has 1 heterocycles. The molecule has 0 aromatic carbocycles. The predicted octanol–water partition coefficient (Wildman–Crippen LogP) is -2.24. The van der Waals surface area contributed by atoms with Gasteiger partial charge in [-0.1, -0.05) is 0 Å². The second-order valence-electron chi connectivity index (χ2n) is 4.28. The molecule has 0 aromatic heterocycles. The van der Waals surface area contributed by atoms with Crippen molar-refractivity contribution in [2.75, 3.05) is 0 Å². The summed E-state index contributed by atoms with van der Waals surface area (Å²) >= 11 is 0. The number of hydrogen-bond acceptors (Lipinski definition) is 7. The zero-order chi connectivity index (χ0) is 14.7. The van der Waals surface area contributed by atoms with Crippen molar-refractivity contribution in [2.45, 2.75) is 50.2 Å². The van der Waals surface area contributed by atoms with Gasteiger partial charge in [0.05, 0.1) is 12.5 Å². The molecule has 6 unspecified atom stereocenters. The molecule has 0 aliphatic carbocycles. The van der Waals surface area contributed by atoms with E-state index in [2.05, 4.69) is 0 Å². The maximum absolute atomic E-state index is 10.8. The van der Waals surface area contributed by atoms with Gasteiger partial charge < -0.3 is 35.0 Å². The van der Waals surface area contributed by atoms with E-state index >= 15 is 0 Å². The number of ether oxygens (including phenoxy) is 2. The minimum atomic E-state index is -1.80. The lowest BCUT2D eigenvalue weighted by Gasteiger charge is -2.39. The van der Waals surface area contributed by atoms with Gasteiger partial charge in [-0.25, -0.2) is 4.79 Å². The lowest BCUT2D eigenvalue weighted by atomic mass is 9.99. The Balaban J connectivity index is 2.71. The molecule has 5 N–H and O–H groups in total. The molecule has 0 saturated carbocycles. The van der Waals surface area contributed by atoms with E-state index in [9.17, 15) is 24.9 Å². The first-order valence-electron chi connectivity index (χ1n) is 5.53. The normalized spacial score (nSPS) is 36.7. The highest BCUT2D eigenvalue weighted by Gasteiger charge is 2.47. The second kappa shape index (κ2) is 6.26. The number of aliphatic hydroxyl groups is 3. The van der Waals surface area contributed by atoms with Crippen molar-refractivity contribution < 1.29 is 44.6 Å². The van der Waals surface area contributed by atoms with E-state index < -0.39 is 48.7 Å². The number of aliphatic carboxylic acids is 2. The van der Waals surface area contributed by atoms with Gasteiger partial charge in [-0.15, -0.1) is 0 Å². The van der Waals surface area contributed by atoms with Crippen LogP contribution in [0.3, 0.4) is 0 Å². The summed E-state index contributed by atoms with van der Waals surface area (Å²) in [5, 5.41) is 45.8. The molecular formula is C10H16O9. The Morgan fingerprint density at radius 2 is 1.74 bits per heavy atom. The monoisotopic (exact) mass is 280 g/mol. The van der Waals surface area contributed by atoms with Crippen LogP contribution in [-0.4, -0.2) is 74.3 Å². The number of carbonyl (C=O) groups is 2. The molecule has 0 radical (unpaired) electrons. The van der Waals surface area contributed by atoms with Crippen molar-refractivity contribution in [1.29, 1.82) is 0 Å². The van der Waals surface area contributed by atoms with E-state index in [0.29, 0.717) is 0 Å². The van der Waals surface area contributed by atoms with Crippen molar-refractivity contribution in [3.63, 3.8) is 0 Å². The molecule has 9 nitrogen and oxygen atoms in total. The highest BCUT2D eigenvalue weighted by Crippen LogP contribution is 2.23. The van der Waals surface area contributed by atoms with Gasteiger partial charge in [0.2, 0.25) is 0 Å². The molecule has 0 bridgehead atoms. The number of aliphatic hydroxyl groups excluding tert-OH is 3. The molecule has 6 atom stereocenters. The topological polar surface area (TPSA) is 154 Å². The van der Waals surface area contributed by atoms with Gasteiger partial charge in [-0.3, -0.25) is 4.79 Å². The standard InChI is InChI=1S/C10H16O9/c1-3(2-4(11)12)18-10-7(15)5(13)6(14)8(19-10)9(16)17/h3,5-8,10,13-15H,2H2,1H3,(H,11,12)(H,16,17). The van der Waals surface area contributed by atoms with Crippen LogP contribution in [0.15, 0.2) is 0 Å². The fraction of sp³-hybridized carbons (Fsp3) is 0.800. The van der Waals surface area contributed by atoms with Crippen LogP contribution in [0.2, 0.25) is 0 Å². The third kappa shape index (κ3) is 3.85. The summed E-state index contributed by atoms with van der Waals surface area (Å²) in [6.07, 6.45) is -9.80. The van der Waals surface area contributed by atoms with Gasteiger partial charge in [-0.05, 0) is 6.92 Å². The predicted molar refractivity (Wildman–Crippen MR) is 57.1 cm³/mol. The first-order valence-corrected chi connectivity index (χ1v) is 5.53. The first-order chi connectivity index (χ1) is 8.73. The van der Waals surface area contributed by atoms with Crippen LogP contribution in [0.25, 0.3) is 0 Å². The number of carboxylic acid groups (broad SMARTS) is 2. The summed E-state index contributed by atoms with van der Waals surface area (Å²) in [4.78, 5) is 21.3. The van der Waals surface area contributed by atoms with E-state index in [4.69, 9.17) is 19.7 Å². The Labute approximate surface area is 108 Å². The van der Waals surface area contributed by atoms with Crippen LogP contribution < -0.4 is 0 Å². The van der Waals surface area contributed by atoms with E-state index in [1.165, 1.54) is 6.92 Å². The molecule has 1 aliphatic heterocycles. The Bertz CT molecular complexity index is 344. The summed E-state index contributed by atoms with van der Waals surface area (Å²) in [7, 11) is 0. The van der Waals surface area contributed by atoms with Gasteiger partial charge >= 0.3 is 11.9 Å². The summed E-state index contributed by atoms with van der Waals surface area (Å²) in [5.41, 5.74) is 0. The average molecular weight is 280 g/mol. The quantitative estimate of drug-likeness (QED) is 0.376. The molecule has 0 amide bonds. The Hall–Kier alpha value is -1.26. The van der Waals surface area contributed by atoms with Crippen molar-refractivity contribution in [3.8, 4) is 0 Å². The SMILES string of the molecule is CC(CC(=O)O)OC1OC(C(=O)O)C(O)C(O)C1O. The Kier molecular flexibility index (Phi) is 5.20. The summed E-state index contributed by atoms with van der Waals surface area (Å²) in [6.45, 7) is 1.39. The Morgan fingerprint density at radius 3 is 2.21 bits per heavy atom. The highest BCUT2D eigenvalue weighted by molar-refractivity contribution is 5.73. The lowest BCUT2D eigenvalue weighted by Crippen LogP contribution is -2.60. The first kappa shape index (κ1) is 15.8. The molecule has 1 fully saturated rings. The van der Waals surface area contributed by atoms with Gasteiger partial charge in [0.1, 0.15) is 18.3 Å². The molecule has 1 rings (SSSR count). The largest absolute Gasteiger partial charge is 0.481 e. The smallest absolute Gasteiger partial charge is 0.335 e. The van der Waals surface area contributed by atoms with E-state index in [1.807, 2.05) is 0 Å². The summed E-state index contributed by atoms with van der Waals surface area (Å²) in [5.74, 6) is -2.67. The summed E-state index contributed by atoms with van der Waals surface area (Å²) in [6, 6.07) is 0. The molecule has 0 aromatic rings. The summed E-state index contributed by atoms with van der Waals surface area (Å²) < 4.78 is 9.85. The molecule has 19 heavy (non-hydrogen) atoms.